The van der Waals surface area contributed by atoms with E-state index in [1.807, 2.05) is 30.3 Å². The van der Waals surface area contributed by atoms with Gasteiger partial charge in [0, 0.05) is 18.6 Å². The lowest BCUT2D eigenvalue weighted by molar-refractivity contribution is 0.460. The second-order valence-corrected chi connectivity index (χ2v) is 4.00. The minimum atomic E-state index is 0.399. The van der Waals surface area contributed by atoms with Gasteiger partial charge in [0.25, 0.3) is 5.88 Å². The zero-order valence-corrected chi connectivity index (χ0v) is 9.87. The van der Waals surface area contributed by atoms with Crippen molar-refractivity contribution in [1.29, 1.82) is 0 Å². The molecule has 0 bridgehead atoms. The van der Waals surface area contributed by atoms with Gasteiger partial charge < -0.3 is 10.5 Å². The third-order valence-electron chi connectivity index (χ3n) is 2.62. The maximum atomic E-state index is 5.80. The van der Waals surface area contributed by atoms with E-state index in [0.29, 0.717) is 17.3 Å². The van der Waals surface area contributed by atoms with Crippen molar-refractivity contribution in [1.82, 2.24) is 14.8 Å². The lowest BCUT2D eigenvalue weighted by Gasteiger charge is -2.05. The first-order valence-electron chi connectivity index (χ1n) is 5.55. The van der Waals surface area contributed by atoms with Crippen molar-refractivity contribution in [3.8, 4) is 11.6 Å². The number of fused-ring (bicyclic) bond motifs is 1. The van der Waals surface area contributed by atoms with Crippen molar-refractivity contribution in [2.45, 2.75) is 0 Å². The molecule has 5 heteroatoms. The Balaban J connectivity index is 2.07. The molecule has 90 valence electrons. The van der Waals surface area contributed by atoms with Gasteiger partial charge in [0.15, 0.2) is 5.75 Å². The van der Waals surface area contributed by atoms with Crippen molar-refractivity contribution >= 4 is 16.6 Å². The largest absolute Gasteiger partial charge is 0.434 e. The van der Waals surface area contributed by atoms with E-state index in [1.165, 1.54) is 0 Å². The summed E-state index contributed by atoms with van der Waals surface area (Å²) >= 11 is 0. The molecule has 0 atom stereocenters. The molecule has 0 saturated heterocycles. The molecule has 0 amide bonds. The molecule has 0 unspecified atom stereocenters. The van der Waals surface area contributed by atoms with Gasteiger partial charge in [0.1, 0.15) is 11.2 Å². The normalized spacial score (nSPS) is 10.7. The van der Waals surface area contributed by atoms with Gasteiger partial charge in [-0.2, -0.15) is 0 Å². The summed E-state index contributed by atoms with van der Waals surface area (Å²) in [6.45, 7) is 0. The van der Waals surface area contributed by atoms with Gasteiger partial charge in [-0.15, -0.1) is 5.10 Å². The number of benzene rings is 1. The number of nitrogen functional groups attached to an aromatic ring is 1. The minimum absolute atomic E-state index is 0.399. The van der Waals surface area contributed by atoms with Crippen LogP contribution < -0.4 is 10.5 Å². The Morgan fingerprint density at radius 2 is 2.06 bits per heavy atom. The molecule has 2 aromatic heterocycles. The summed E-state index contributed by atoms with van der Waals surface area (Å²) in [5.41, 5.74) is 7.11. The Labute approximate surface area is 104 Å². The molecule has 2 heterocycles. The van der Waals surface area contributed by atoms with Crippen molar-refractivity contribution in [3.63, 3.8) is 0 Å². The van der Waals surface area contributed by atoms with Crippen LogP contribution in [0.3, 0.4) is 0 Å². The fourth-order valence-electron chi connectivity index (χ4n) is 1.83. The average Bonchev–Trinajstić information content (AvgIpc) is 2.68. The van der Waals surface area contributed by atoms with Crippen LogP contribution in [0.5, 0.6) is 11.6 Å². The second kappa shape index (κ2) is 4.03. The zero-order valence-electron chi connectivity index (χ0n) is 9.87. The predicted octanol–water partition coefficient (Wildman–Crippen LogP) is 2.34. The van der Waals surface area contributed by atoms with Crippen LogP contribution in [0.4, 0.5) is 5.69 Å². The van der Waals surface area contributed by atoms with E-state index < -0.39 is 0 Å². The number of rotatable bonds is 2. The van der Waals surface area contributed by atoms with E-state index in [-0.39, 0.29) is 0 Å². The monoisotopic (exact) mass is 240 g/mol. The number of pyridine rings is 1. The van der Waals surface area contributed by atoms with E-state index in [4.69, 9.17) is 10.5 Å². The molecule has 18 heavy (non-hydrogen) atoms. The molecule has 5 nitrogen and oxygen atoms in total. The van der Waals surface area contributed by atoms with Gasteiger partial charge in [-0.25, -0.2) is 0 Å². The number of anilines is 1. The van der Waals surface area contributed by atoms with Crippen molar-refractivity contribution in [2.75, 3.05) is 5.73 Å². The van der Waals surface area contributed by atoms with Crippen LogP contribution in [0, 0.1) is 0 Å². The predicted molar refractivity (Wildman–Crippen MR) is 69.4 cm³/mol. The standard InChI is InChI=1S/C13H12N4O/c1-17-8-10(14)13(16-17)18-11-6-2-4-9-5-3-7-15-12(9)11/h2-8H,14H2,1H3. The number of aryl methyl sites for hydroxylation is 1. The van der Waals surface area contributed by atoms with Gasteiger partial charge >= 0.3 is 0 Å². The first kappa shape index (κ1) is 10.6. The number of hydrogen-bond acceptors (Lipinski definition) is 4. The fraction of sp³-hybridized carbons (Fsp3) is 0.0769. The molecule has 0 fully saturated rings. The summed E-state index contributed by atoms with van der Waals surface area (Å²) in [6.07, 6.45) is 3.44. The summed E-state index contributed by atoms with van der Waals surface area (Å²) in [4.78, 5) is 4.31. The van der Waals surface area contributed by atoms with Crippen LogP contribution in [0.15, 0.2) is 42.7 Å². The van der Waals surface area contributed by atoms with Crippen LogP contribution in [0.1, 0.15) is 0 Å². The zero-order chi connectivity index (χ0) is 12.5. The molecule has 3 aromatic rings. The lowest BCUT2D eigenvalue weighted by Crippen LogP contribution is -1.92. The maximum absolute atomic E-state index is 5.80. The molecule has 1 aromatic carbocycles. The van der Waals surface area contributed by atoms with Crippen molar-refractivity contribution < 1.29 is 4.74 Å². The Kier molecular flexibility index (Phi) is 2.37. The smallest absolute Gasteiger partial charge is 0.261 e. The second-order valence-electron chi connectivity index (χ2n) is 4.00. The van der Waals surface area contributed by atoms with E-state index in [9.17, 15) is 0 Å². The Morgan fingerprint density at radius 1 is 1.22 bits per heavy atom. The Hall–Kier alpha value is -2.56. The third kappa shape index (κ3) is 1.75. The van der Waals surface area contributed by atoms with Crippen molar-refractivity contribution in [3.05, 3.63) is 42.7 Å². The first-order chi connectivity index (χ1) is 8.74. The molecule has 0 aliphatic carbocycles. The number of nitrogens with two attached hydrogens (primary N) is 1. The van der Waals surface area contributed by atoms with Crippen LogP contribution in [0.2, 0.25) is 0 Å². The first-order valence-corrected chi connectivity index (χ1v) is 5.55. The molecule has 0 spiro atoms. The maximum Gasteiger partial charge on any atom is 0.261 e. The summed E-state index contributed by atoms with van der Waals surface area (Å²) in [5, 5.41) is 5.17. The SMILES string of the molecule is Cn1cc(N)c(Oc2cccc3cccnc23)n1. The highest BCUT2D eigenvalue weighted by atomic mass is 16.5. The number of aromatic nitrogens is 3. The fourth-order valence-corrected chi connectivity index (χ4v) is 1.83. The molecular formula is C13H12N4O. The highest BCUT2D eigenvalue weighted by molar-refractivity contribution is 5.84. The third-order valence-corrected chi connectivity index (χ3v) is 2.62. The highest BCUT2D eigenvalue weighted by Crippen LogP contribution is 2.30. The molecule has 2 N–H and O–H groups in total. The lowest BCUT2D eigenvalue weighted by atomic mass is 10.2. The quantitative estimate of drug-likeness (QED) is 0.746. The Bertz CT molecular complexity index is 700. The van der Waals surface area contributed by atoms with Gasteiger partial charge in [-0.1, -0.05) is 18.2 Å². The van der Waals surface area contributed by atoms with E-state index >= 15 is 0 Å². The van der Waals surface area contributed by atoms with E-state index in [2.05, 4.69) is 10.1 Å². The van der Waals surface area contributed by atoms with Crippen LogP contribution >= 0.6 is 0 Å². The molecule has 0 saturated carbocycles. The summed E-state index contributed by atoms with van der Waals surface area (Å²) in [5.74, 6) is 1.05. The van der Waals surface area contributed by atoms with Crippen LogP contribution in [0.25, 0.3) is 10.9 Å². The van der Waals surface area contributed by atoms with Gasteiger partial charge in [-0.3, -0.25) is 9.67 Å². The number of nitrogens with zero attached hydrogens (tertiary/aromatic N) is 3. The molecule has 3 rings (SSSR count). The molecular weight excluding hydrogens is 228 g/mol. The molecule has 0 aliphatic heterocycles. The van der Waals surface area contributed by atoms with Crippen LogP contribution in [-0.4, -0.2) is 14.8 Å². The Morgan fingerprint density at radius 3 is 2.83 bits per heavy atom. The highest BCUT2D eigenvalue weighted by Gasteiger charge is 2.09. The minimum Gasteiger partial charge on any atom is -0.434 e. The number of ether oxygens (including phenoxy) is 1. The van der Waals surface area contributed by atoms with Crippen molar-refractivity contribution in [2.24, 2.45) is 7.05 Å². The topological polar surface area (TPSA) is 66.0 Å². The number of hydrogen-bond donors (Lipinski definition) is 1. The average molecular weight is 240 g/mol. The summed E-state index contributed by atoms with van der Waals surface area (Å²) < 4.78 is 7.34. The van der Waals surface area contributed by atoms with Gasteiger partial charge in [0.05, 0.1) is 6.20 Å². The van der Waals surface area contributed by atoms with E-state index in [0.717, 1.165) is 10.9 Å². The van der Waals surface area contributed by atoms with E-state index in [1.54, 1.807) is 24.1 Å². The number of para-hydroxylation sites is 1. The van der Waals surface area contributed by atoms with Gasteiger partial charge in [0.2, 0.25) is 0 Å². The summed E-state index contributed by atoms with van der Waals surface area (Å²) in [7, 11) is 1.80. The molecule has 0 aliphatic rings. The summed E-state index contributed by atoms with van der Waals surface area (Å²) in [6, 6.07) is 9.62. The van der Waals surface area contributed by atoms with Gasteiger partial charge in [-0.05, 0) is 12.1 Å². The molecule has 0 radical (unpaired) electrons. The van der Waals surface area contributed by atoms with Crippen LogP contribution in [-0.2, 0) is 7.05 Å².